The van der Waals surface area contributed by atoms with Crippen LogP contribution in [0.2, 0.25) is 0 Å². The number of hydrogen-bond acceptors (Lipinski definition) is 3. The van der Waals surface area contributed by atoms with Gasteiger partial charge in [0.25, 0.3) is 0 Å². The average molecular weight is 236 g/mol. The summed E-state index contributed by atoms with van der Waals surface area (Å²) in [7, 11) is 0. The smallest absolute Gasteiger partial charge is 0.309 e. The van der Waals surface area contributed by atoms with Crippen molar-refractivity contribution >= 4 is 5.97 Å². The van der Waals surface area contributed by atoms with E-state index >= 15 is 0 Å². The number of esters is 1. The van der Waals surface area contributed by atoms with E-state index in [-0.39, 0.29) is 12.1 Å². The molecule has 1 atom stereocenters. The number of hydrogen-bond donors (Lipinski definition) is 0. The van der Waals surface area contributed by atoms with Gasteiger partial charge in [-0.25, -0.2) is 0 Å². The van der Waals surface area contributed by atoms with Crippen LogP contribution >= 0.6 is 0 Å². The SMILES string of the molecule is CCCCOC(=O)C[C@H](C)Oc1ccccc1. The number of benzene rings is 1. The molecule has 17 heavy (non-hydrogen) atoms. The molecule has 0 aromatic heterocycles. The van der Waals surface area contributed by atoms with Crippen molar-refractivity contribution in [3.05, 3.63) is 30.3 Å². The van der Waals surface area contributed by atoms with Crippen molar-refractivity contribution in [1.29, 1.82) is 0 Å². The minimum absolute atomic E-state index is 0.161. The summed E-state index contributed by atoms with van der Waals surface area (Å²) >= 11 is 0. The summed E-state index contributed by atoms with van der Waals surface area (Å²) in [5.74, 6) is 0.586. The van der Waals surface area contributed by atoms with E-state index in [0.29, 0.717) is 13.0 Å². The van der Waals surface area contributed by atoms with Gasteiger partial charge in [0.1, 0.15) is 11.9 Å². The van der Waals surface area contributed by atoms with Gasteiger partial charge in [0.15, 0.2) is 0 Å². The van der Waals surface area contributed by atoms with E-state index in [1.165, 1.54) is 0 Å². The quantitative estimate of drug-likeness (QED) is 0.538. The van der Waals surface area contributed by atoms with Crippen molar-refractivity contribution in [2.45, 2.75) is 39.2 Å². The van der Waals surface area contributed by atoms with Gasteiger partial charge >= 0.3 is 5.97 Å². The minimum Gasteiger partial charge on any atom is -0.490 e. The first-order valence-electron chi connectivity index (χ1n) is 6.09. The third-order valence-electron chi connectivity index (χ3n) is 2.30. The third kappa shape index (κ3) is 5.95. The minimum atomic E-state index is -0.193. The Bertz CT molecular complexity index is 321. The monoisotopic (exact) mass is 236 g/mol. The number of carbonyl (C=O) groups is 1. The highest BCUT2D eigenvalue weighted by Gasteiger charge is 2.11. The molecule has 0 saturated heterocycles. The maximum absolute atomic E-state index is 11.4. The Morgan fingerprint density at radius 3 is 2.65 bits per heavy atom. The van der Waals surface area contributed by atoms with Crippen LogP contribution in [0, 0.1) is 0 Å². The lowest BCUT2D eigenvalue weighted by molar-refractivity contribution is -0.145. The Balaban J connectivity index is 2.25. The van der Waals surface area contributed by atoms with Gasteiger partial charge in [0.2, 0.25) is 0 Å². The van der Waals surface area contributed by atoms with E-state index < -0.39 is 0 Å². The second-order valence-electron chi connectivity index (χ2n) is 4.02. The highest BCUT2D eigenvalue weighted by Crippen LogP contribution is 2.12. The van der Waals surface area contributed by atoms with Crippen LogP contribution in [0.15, 0.2) is 30.3 Å². The Morgan fingerprint density at radius 2 is 2.00 bits per heavy atom. The standard InChI is InChI=1S/C14H20O3/c1-3-4-10-16-14(15)11-12(2)17-13-8-6-5-7-9-13/h5-9,12H,3-4,10-11H2,1-2H3/t12-/m0/s1. The zero-order chi connectivity index (χ0) is 12.5. The maximum atomic E-state index is 11.4. The Labute approximate surface area is 103 Å². The van der Waals surface area contributed by atoms with Crippen molar-refractivity contribution in [2.24, 2.45) is 0 Å². The van der Waals surface area contributed by atoms with Crippen molar-refractivity contribution in [3.63, 3.8) is 0 Å². The van der Waals surface area contributed by atoms with Crippen LogP contribution in [0.1, 0.15) is 33.1 Å². The molecule has 0 bridgehead atoms. The van der Waals surface area contributed by atoms with E-state index in [1.807, 2.05) is 37.3 Å². The lowest BCUT2D eigenvalue weighted by Gasteiger charge is -2.13. The van der Waals surface area contributed by atoms with Gasteiger partial charge in [-0.3, -0.25) is 4.79 Å². The van der Waals surface area contributed by atoms with Gasteiger partial charge in [-0.15, -0.1) is 0 Å². The largest absolute Gasteiger partial charge is 0.490 e. The summed E-state index contributed by atoms with van der Waals surface area (Å²) in [6.45, 7) is 4.44. The van der Waals surface area contributed by atoms with Crippen molar-refractivity contribution in [1.82, 2.24) is 0 Å². The summed E-state index contributed by atoms with van der Waals surface area (Å²) in [5, 5.41) is 0. The summed E-state index contributed by atoms with van der Waals surface area (Å²) in [6.07, 6.45) is 2.08. The van der Waals surface area contributed by atoms with Gasteiger partial charge in [-0.05, 0) is 25.5 Å². The first-order valence-corrected chi connectivity index (χ1v) is 6.09. The molecule has 3 heteroatoms. The van der Waals surface area contributed by atoms with Gasteiger partial charge in [-0.2, -0.15) is 0 Å². The molecule has 1 aromatic rings. The number of carbonyl (C=O) groups excluding carboxylic acids is 1. The first-order chi connectivity index (χ1) is 8.22. The lowest BCUT2D eigenvalue weighted by Crippen LogP contribution is -2.19. The van der Waals surface area contributed by atoms with Crippen molar-refractivity contribution < 1.29 is 14.3 Å². The van der Waals surface area contributed by atoms with Gasteiger partial charge < -0.3 is 9.47 Å². The zero-order valence-electron chi connectivity index (χ0n) is 10.5. The highest BCUT2D eigenvalue weighted by atomic mass is 16.5. The van der Waals surface area contributed by atoms with Crippen LogP contribution in [0.25, 0.3) is 0 Å². The maximum Gasteiger partial charge on any atom is 0.309 e. The molecule has 0 N–H and O–H groups in total. The highest BCUT2D eigenvalue weighted by molar-refractivity contribution is 5.69. The predicted molar refractivity (Wildman–Crippen MR) is 67.0 cm³/mol. The van der Waals surface area contributed by atoms with E-state index in [4.69, 9.17) is 9.47 Å². The molecule has 0 aliphatic rings. The van der Waals surface area contributed by atoms with Crippen LogP contribution in [0.3, 0.4) is 0 Å². The number of para-hydroxylation sites is 1. The van der Waals surface area contributed by atoms with Gasteiger partial charge in [-0.1, -0.05) is 31.5 Å². The summed E-state index contributed by atoms with van der Waals surface area (Å²) < 4.78 is 10.7. The van der Waals surface area contributed by atoms with Crippen LogP contribution in [-0.4, -0.2) is 18.7 Å². The molecule has 0 amide bonds. The molecular formula is C14H20O3. The van der Waals surface area contributed by atoms with E-state index in [9.17, 15) is 4.79 Å². The van der Waals surface area contributed by atoms with Crippen LogP contribution in [-0.2, 0) is 9.53 Å². The third-order valence-corrected chi connectivity index (χ3v) is 2.30. The molecule has 0 aliphatic heterocycles. The summed E-state index contributed by atoms with van der Waals surface area (Å²) in [5.41, 5.74) is 0. The van der Waals surface area contributed by atoms with E-state index in [1.54, 1.807) is 0 Å². The molecule has 1 rings (SSSR count). The van der Waals surface area contributed by atoms with Crippen LogP contribution < -0.4 is 4.74 Å². The molecular weight excluding hydrogens is 216 g/mol. The summed E-state index contributed by atoms with van der Waals surface area (Å²) in [4.78, 5) is 11.4. The van der Waals surface area contributed by atoms with Crippen molar-refractivity contribution in [3.8, 4) is 5.75 Å². The molecule has 0 aliphatic carbocycles. The average Bonchev–Trinajstić information content (AvgIpc) is 2.30. The zero-order valence-corrected chi connectivity index (χ0v) is 10.5. The second kappa shape index (κ2) is 7.71. The van der Waals surface area contributed by atoms with Crippen molar-refractivity contribution in [2.75, 3.05) is 6.61 Å². The fourth-order valence-electron chi connectivity index (χ4n) is 1.40. The number of rotatable bonds is 7. The Morgan fingerprint density at radius 1 is 1.29 bits per heavy atom. The summed E-state index contributed by atoms with van der Waals surface area (Å²) in [6, 6.07) is 9.48. The van der Waals surface area contributed by atoms with Gasteiger partial charge in [0, 0.05) is 0 Å². The molecule has 94 valence electrons. The molecule has 3 nitrogen and oxygen atoms in total. The number of ether oxygens (including phenoxy) is 2. The van der Waals surface area contributed by atoms with Crippen LogP contribution in [0.4, 0.5) is 0 Å². The fourth-order valence-corrected chi connectivity index (χ4v) is 1.40. The second-order valence-corrected chi connectivity index (χ2v) is 4.02. The van der Waals surface area contributed by atoms with Gasteiger partial charge in [0.05, 0.1) is 13.0 Å². The lowest BCUT2D eigenvalue weighted by atomic mass is 10.3. The fraction of sp³-hybridized carbons (Fsp3) is 0.500. The van der Waals surface area contributed by atoms with Crippen LogP contribution in [0.5, 0.6) is 5.75 Å². The molecule has 0 spiro atoms. The normalized spacial score (nSPS) is 11.9. The Kier molecular flexibility index (Phi) is 6.15. The molecule has 0 unspecified atom stereocenters. The molecule has 0 fully saturated rings. The predicted octanol–water partition coefficient (Wildman–Crippen LogP) is 3.19. The molecule has 0 saturated carbocycles. The van der Waals surface area contributed by atoms with E-state index in [2.05, 4.69) is 6.92 Å². The van der Waals surface area contributed by atoms with E-state index in [0.717, 1.165) is 18.6 Å². The topological polar surface area (TPSA) is 35.5 Å². The molecule has 0 heterocycles. The molecule has 1 aromatic carbocycles. The number of unbranched alkanes of at least 4 members (excludes halogenated alkanes) is 1. The Hall–Kier alpha value is -1.51. The first kappa shape index (κ1) is 13.6. The molecule has 0 radical (unpaired) electrons.